The monoisotopic (exact) mass is 637 g/mol. The number of aromatic amines is 1. The Morgan fingerprint density at radius 2 is 1.68 bits per heavy atom. The second-order valence-corrected chi connectivity index (χ2v) is 14.6. The van der Waals surface area contributed by atoms with Crippen LogP contribution in [-0.4, -0.2) is 66.5 Å². The molecule has 0 spiro atoms. The lowest BCUT2D eigenvalue weighted by molar-refractivity contribution is 0.0950. The van der Waals surface area contributed by atoms with E-state index in [9.17, 15) is 9.59 Å². The maximum absolute atomic E-state index is 14.1. The number of piperazine rings is 1. The molecule has 1 aromatic heterocycles. The summed E-state index contributed by atoms with van der Waals surface area (Å²) in [7, 11) is 2.19. The first-order valence-electron chi connectivity index (χ1n) is 18.1. The summed E-state index contributed by atoms with van der Waals surface area (Å²) in [6.07, 6.45) is 9.16. The van der Waals surface area contributed by atoms with Crippen molar-refractivity contribution in [3.63, 3.8) is 0 Å². The van der Waals surface area contributed by atoms with E-state index in [1.54, 1.807) is 0 Å². The molecular weight excluding hydrogens is 582 g/mol. The van der Waals surface area contributed by atoms with E-state index in [0.29, 0.717) is 23.1 Å². The minimum absolute atomic E-state index is 0.0756. The Morgan fingerprint density at radius 3 is 2.38 bits per heavy atom. The van der Waals surface area contributed by atoms with Crippen LogP contribution < -0.4 is 15.8 Å². The van der Waals surface area contributed by atoms with Gasteiger partial charge in [0.2, 0.25) is 0 Å². The molecule has 6 rings (SSSR count). The predicted molar refractivity (Wildman–Crippen MR) is 193 cm³/mol. The first-order valence-corrected chi connectivity index (χ1v) is 18.1. The number of carbonyl (C=O) groups is 1. The van der Waals surface area contributed by atoms with Gasteiger partial charge in [-0.3, -0.25) is 14.5 Å². The second kappa shape index (κ2) is 14.8. The molecule has 1 amide bonds. The third-order valence-corrected chi connectivity index (χ3v) is 11.2. The van der Waals surface area contributed by atoms with Gasteiger partial charge in [0.05, 0.1) is 0 Å². The number of fused-ring (bicyclic) bond motifs is 1. The van der Waals surface area contributed by atoms with Gasteiger partial charge >= 0.3 is 0 Å². The lowest BCUT2D eigenvalue weighted by Crippen LogP contribution is -2.43. The standard InChI is InChI=1S/C40H55N5O2/c1-6-45(33-10-8-7-9-11-33)38-24-32(31-15-13-30(14-16-31)26-44-20-18-43(5)19-21-44)23-35(28(38)3)39(46)41-25-37-34-17-12-27(2)22-36(34)29(4)42-40(37)47/h13-16,23-24,27,33H,6-12,17-22,25-26H2,1-5H3,(H,41,46)(H,42,47). The number of rotatable bonds is 9. The number of nitrogens with zero attached hydrogens (tertiary/aromatic N) is 3. The van der Waals surface area contributed by atoms with Crippen LogP contribution in [0.4, 0.5) is 5.69 Å². The highest BCUT2D eigenvalue weighted by Gasteiger charge is 2.26. The number of hydrogen-bond acceptors (Lipinski definition) is 5. The zero-order chi connectivity index (χ0) is 33.1. The van der Waals surface area contributed by atoms with Crippen LogP contribution in [0.15, 0.2) is 41.2 Å². The van der Waals surface area contributed by atoms with E-state index in [0.717, 1.165) is 92.2 Å². The molecule has 7 nitrogen and oxygen atoms in total. The van der Waals surface area contributed by atoms with Gasteiger partial charge in [-0.05, 0) is 111 Å². The maximum atomic E-state index is 14.1. The predicted octanol–water partition coefficient (Wildman–Crippen LogP) is 6.62. The summed E-state index contributed by atoms with van der Waals surface area (Å²) in [5.74, 6) is 0.486. The lowest BCUT2D eigenvalue weighted by atomic mass is 9.82. The van der Waals surface area contributed by atoms with Gasteiger partial charge in [0, 0.05) is 74.4 Å². The topological polar surface area (TPSA) is 71.7 Å². The molecule has 2 aromatic carbocycles. The molecule has 3 aliphatic rings. The van der Waals surface area contributed by atoms with Crippen molar-refractivity contribution in [1.82, 2.24) is 20.1 Å². The van der Waals surface area contributed by atoms with E-state index in [2.05, 4.69) is 89.2 Å². The van der Waals surface area contributed by atoms with Gasteiger partial charge in [-0.25, -0.2) is 0 Å². The fourth-order valence-corrected chi connectivity index (χ4v) is 8.22. The van der Waals surface area contributed by atoms with Crippen LogP contribution in [0, 0.1) is 19.8 Å². The Balaban J connectivity index is 1.30. The minimum Gasteiger partial charge on any atom is -0.369 e. The molecule has 1 saturated heterocycles. The van der Waals surface area contributed by atoms with Crippen LogP contribution in [0.5, 0.6) is 0 Å². The average Bonchev–Trinajstić information content (AvgIpc) is 3.07. The molecule has 47 heavy (non-hydrogen) atoms. The molecule has 0 radical (unpaired) electrons. The van der Waals surface area contributed by atoms with Crippen molar-refractivity contribution in [2.24, 2.45) is 5.92 Å². The fourth-order valence-electron chi connectivity index (χ4n) is 8.22. The molecular formula is C40H55N5O2. The van der Waals surface area contributed by atoms with E-state index >= 15 is 0 Å². The Labute approximate surface area is 281 Å². The number of likely N-dealkylation sites (N-methyl/N-ethyl adjacent to an activating group) is 1. The number of hydrogen-bond donors (Lipinski definition) is 2. The van der Waals surface area contributed by atoms with Crippen LogP contribution in [0.3, 0.4) is 0 Å². The number of benzene rings is 2. The number of pyridine rings is 1. The molecule has 2 heterocycles. The molecule has 7 heteroatoms. The van der Waals surface area contributed by atoms with Crippen LogP contribution in [0.1, 0.15) is 96.2 Å². The van der Waals surface area contributed by atoms with Crippen molar-refractivity contribution in [2.45, 2.75) is 98.2 Å². The summed E-state index contributed by atoms with van der Waals surface area (Å²) >= 11 is 0. The highest BCUT2D eigenvalue weighted by Crippen LogP contribution is 2.35. The first-order chi connectivity index (χ1) is 22.7. The largest absolute Gasteiger partial charge is 0.369 e. The molecule has 0 bridgehead atoms. The summed E-state index contributed by atoms with van der Waals surface area (Å²) in [5.41, 5.74) is 10.4. The van der Waals surface area contributed by atoms with Crippen molar-refractivity contribution < 1.29 is 4.79 Å². The van der Waals surface area contributed by atoms with Gasteiger partial charge < -0.3 is 20.1 Å². The molecule has 2 N–H and O–H groups in total. The third kappa shape index (κ3) is 7.52. The lowest BCUT2D eigenvalue weighted by Gasteiger charge is -2.37. The molecule has 1 atom stereocenters. The van der Waals surface area contributed by atoms with Gasteiger partial charge in [0.1, 0.15) is 0 Å². The zero-order valence-corrected chi connectivity index (χ0v) is 29.4. The van der Waals surface area contributed by atoms with Crippen LogP contribution in [-0.2, 0) is 25.9 Å². The van der Waals surface area contributed by atoms with Gasteiger partial charge in [-0.1, -0.05) is 50.5 Å². The van der Waals surface area contributed by atoms with E-state index < -0.39 is 0 Å². The van der Waals surface area contributed by atoms with Crippen molar-refractivity contribution in [3.05, 3.63) is 85.8 Å². The summed E-state index contributed by atoms with van der Waals surface area (Å²) < 4.78 is 0. The number of amides is 1. The maximum Gasteiger partial charge on any atom is 0.253 e. The first kappa shape index (κ1) is 33.5. The number of anilines is 1. The highest BCUT2D eigenvalue weighted by molar-refractivity contribution is 5.99. The van der Waals surface area contributed by atoms with Crippen molar-refractivity contribution in [1.29, 1.82) is 0 Å². The normalized spacial score (nSPS) is 19.4. The number of carbonyl (C=O) groups excluding carboxylic acids is 1. The fraction of sp³-hybridized carbons (Fsp3) is 0.550. The van der Waals surface area contributed by atoms with Crippen LogP contribution in [0.25, 0.3) is 11.1 Å². The van der Waals surface area contributed by atoms with Crippen molar-refractivity contribution >= 4 is 11.6 Å². The Bertz CT molecular complexity index is 1610. The third-order valence-electron chi connectivity index (χ3n) is 11.2. The minimum atomic E-state index is -0.116. The SMILES string of the molecule is CCN(c1cc(-c2ccc(CN3CCN(C)CC3)cc2)cc(C(=O)NCc2c3c(c(C)[nH]c2=O)CC(C)CC3)c1C)C1CCCCC1. The smallest absolute Gasteiger partial charge is 0.253 e. The van der Waals surface area contributed by atoms with E-state index in [1.165, 1.54) is 43.2 Å². The average molecular weight is 638 g/mol. The van der Waals surface area contributed by atoms with Crippen LogP contribution >= 0.6 is 0 Å². The summed E-state index contributed by atoms with van der Waals surface area (Å²) in [5, 5.41) is 3.19. The molecule has 252 valence electrons. The number of H-pyrrole nitrogens is 1. The van der Waals surface area contributed by atoms with E-state index in [-0.39, 0.29) is 18.0 Å². The molecule has 2 aliphatic carbocycles. The van der Waals surface area contributed by atoms with Crippen molar-refractivity contribution in [3.8, 4) is 11.1 Å². The molecule has 2 fully saturated rings. The number of nitrogens with one attached hydrogen (secondary N) is 2. The number of aromatic nitrogens is 1. The van der Waals surface area contributed by atoms with Gasteiger partial charge in [0.25, 0.3) is 11.5 Å². The summed E-state index contributed by atoms with van der Waals surface area (Å²) in [6.45, 7) is 15.2. The Hall–Kier alpha value is -3.42. The zero-order valence-electron chi connectivity index (χ0n) is 29.4. The summed E-state index contributed by atoms with van der Waals surface area (Å²) in [4.78, 5) is 37.8. The van der Waals surface area contributed by atoms with Crippen LogP contribution in [0.2, 0.25) is 0 Å². The molecule has 1 saturated carbocycles. The molecule has 1 aliphatic heterocycles. The summed E-state index contributed by atoms with van der Waals surface area (Å²) in [6, 6.07) is 13.8. The van der Waals surface area contributed by atoms with Gasteiger partial charge in [-0.15, -0.1) is 0 Å². The quantitative estimate of drug-likeness (QED) is 0.276. The van der Waals surface area contributed by atoms with Gasteiger partial charge in [-0.2, -0.15) is 0 Å². The van der Waals surface area contributed by atoms with Crippen molar-refractivity contribution in [2.75, 3.05) is 44.7 Å². The highest BCUT2D eigenvalue weighted by atomic mass is 16.1. The van der Waals surface area contributed by atoms with E-state index in [4.69, 9.17) is 0 Å². The Morgan fingerprint density at radius 1 is 0.957 bits per heavy atom. The molecule has 1 unspecified atom stereocenters. The van der Waals surface area contributed by atoms with E-state index in [1.807, 2.05) is 6.92 Å². The second-order valence-electron chi connectivity index (χ2n) is 14.6. The van der Waals surface area contributed by atoms with Gasteiger partial charge in [0.15, 0.2) is 0 Å². The molecule has 3 aromatic rings. The number of aryl methyl sites for hydroxylation is 1. The Kier molecular flexibility index (Phi) is 10.5.